The van der Waals surface area contributed by atoms with Crippen LogP contribution in [0.5, 0.6) is 0 Å². The van der Waals surface area contributed by atoms with E-state index in [1.165, 1.54) is 0 Å². The van der Waals surface area contributed by atoms with E-state index >= 15 is 0 Å². The van der Waals surface area contributed by atoms with E-state index in [1.54, 1.807) is 4.90 Å². The quantitative estimate of drug-likeness (QED) is 0.622. The normalized spacial score (nSPS) is 26.2. The number of hydrogen-bond acceptors (Lipinski definition) is 3. The Morgan fingerprint density at radius 2 is 1.65 bits per heavy atom. The van der Waals surface area contributed by atoms with Crippen LogP contribution in [-0.4, -0.2) is 30.3 Å². The third-order valence-electron chi connectivity index (χ3n) is 5.20. The summed E-state index contributed by atoms with van der Waals surface area (Å²) >= 11 is 0. The van der Waals surface area contributed by atoms with Crippen molar-refractivity contribution in [2.75, 3.05) is 4.90 Å². The van der Waals surface area contributed by atoms with E-state index in [0.717, 1.165) is 17.6 Å². The average molecular weight is 313 g/mol. The SMILES string of the molecule is C=C1C[C@H](C)N(c2ccc(B3OC(C)(C)C(C)(C)O3)cc2)C1=O. The Balaban J connectivity index is 1.81. The van der Waals surface area contributed by atoms with E-state index in [0.29, 0.717) is 5.57 Å². The lowest BCUT2D eigenvalue weighted by Gasteiger charge is -2.32. The molecule has 0 spiro atoms. The van der Waals surface area contributed by atoms with Crippen molar-refractivity contribution in [2.45, 2.75) is 58.3 Å². The molecule has 2 heterocycles. The number of amides is 1. The van der Waals surface area contributed by atoms with Crippen molar-refractivity contribution in [3.05, 3.63) is 36.4 Å². The maximum absolute atomic E-state index is 12.2. The fourth-order valence-electron chi connectivity index (χ4n) is 3.05. The van der Waals surface area contributed by atoms with Crippen LogP contribution in [0, 0.1) is 0 Å². The first-order chi connectivity index (χ1) is 10.6. The molecule has 0 unspecified atom stereocenters. The highest BCUT2D eigenvalue weighted by molar-refractivity contribution is 6.62. The minimum absolute atomic E-state index is 0.0147. The largest absolute Gasteiger partial charge is 0.494 e. The molecule has 2 aliphatic heterocycles. The van der Waals surface area contributed by atoms with Crippen molar-refractivity contribution in [2.24, 2.45) is 0 Å². The summed E-state index contributed by atoms with van der Waals surface area (Å²) in [6.45, 7) is 14.0. The van der Waals surface area contributed by atoms with Gasteiger partial charge in [0.25, 0.3) is 5.91 Å². The molecule has 3 rings (SSSR count). The van der Waals surface area contributed by atoms with Crippen LogP contribution in [-0.2, 0) is 14.1 Å². The van der Waals surface area contributed by atoms with Crippen molar-refractivity contribution >= 4 is 24.2 Å². The Labute approximate surface area is 138 Å². The molecule has 4 nitrogen and oxygen atoms in total. The molecule has 1 atom stereocenters. The zero-order valence-corrected chi connectivity index (χ0v) is 14.6. The number of nitrogens with zero attached hydrogens (tertiary/aromatic N) is 1. The maximum atomic E-state index is 12.2. The van der Waals surface area contributed by atoms with Gasteiger partial charge >= 0.3 is 7.12 Å². The first-order valence-corrected chi connectivity index (χ1v) is 8.09. The predicted molar refractivity (Wildman–Crippen MR) is 92.9 cm³/mol. The molecule has 0 bridgehead atoms. The molecule has 0 aromatic heterocycles. The lowest BCUT2D eigenvalue weighted by molar-refractivity contribution is -0.114. The first kappa shape index (κ1) is 16.3. The number of rotatable bonds is 2. The second-order valence-corrected chi connectivity index (χ2v) is 7.51. The van der Waals surface area contributed by atoms with Crippen LogP contribution in [0.25, 0.3) is 0 Å². The predicted octanol–water partition coefficient (Wildman–Crippen LogP) is 2.67. The highest BCUT2D eigenvalue weighted by Crippen LogP contribution is 2.36. The molecule has 2 aliphatic rings. The van der Waals surface area contributed by atoms with E-state index in [2.05, 4.69) is 6.58 Å². The fraction of sp³-hybridized carbons (Fsp3) is 0.500. The average Bonchev–Trinajstić information content (AvgIpc) is 2.83. The molecule has 1 aromatic carbocycles. The van der Waals surface area contributed by atoms with Gasteiger partial charge in [-0.15, -0.1) is 0 Å². The Morgan fingerprint density at radius 3 is 2.09 bits per heavy atom. The highest BCUT2D eigenvalue weighted by atomic mass is 16.7. The Kier molecular flexibility index (Phi) is 3.69. The van der Waals surface area contributed by atoms with Gasteiger partial charge in [-0.3, -0.25) is 4.79 Å². The molecule has 122 valence electrons. The van der Waals surface area contributed by atoms with Gasteiger partial charge in [-0.25, -0.2) is 0 Å². The summed E-state index contributed by atoms with van der Waals surface area (Å²) in [5, 5.41) is 0. The number of benzene rings is 1. The summed E-state index contributed by atoms with van der Waals surface area (Å²) in [7, 11) is -0.379. The molecule has 1 aromatic rings. The third kappa shape index (κ3) is 2.62. The lowest BCUT2D eigenvalue weighted by Crippen LogP contribution is -2.41. The van der Waals surface area contributed by atoms with Crippen LogP contribution < -0.4 is 10.4 Å². The summed E-state index contributed by atoms with van der Waals surface area (Å²) in [6, 6.07) is 8.00. The van der Waals surface area contributed by atoms with Gasteiger partial charge in [0.05, 0.1) is 11.2 Å². The Hall–Kier alpha value is -1.59. The van der Waals surface area contributed by atoms with Crippen LogP contribution in [0.1, 0.15) is 41.0 Å². The van der Waals surface area contributed by atoms with Crippen LogP contribution in [0.15, 0.2) is 36.4 Å². The topological polar surface area (TPSA) is 38.8 Å². The van der Waals surface area contributed by atoms with Gasteiger partial charge in [0.2, 0.25) is 0 Å². The van der Waals surface area contributed by atoms with Gasteiger partial charge < -0.3 is 14.2 Å². The van der Waals surface area contributed by atoms with E-state index in [9.17, 15) is 4.79 Å². The Morgan fingerprint density at radius 1 is 1.13 bits per heavy atom. The number of hydrogen-bond donors (Lipinski definition) is 0. The first-order valence-electron chi connectivity index (χ1n) is 8.09. The molecule has 5 heteroatoms. The summed E-state index contributed by atoms with van der Waals surface area (Å²) in [5.74, 6) is 0.0147. The van der Waals surface area contributed by atoms with Gasteiger partial charge in [-0.05, 0) is 58.6 Å². The highest BCUT2D eigenvalue weighted by Gasteiger charge is 2.51. The molecular weight excluding hydrogens is 289 g/mol. The number of carbonyl (C=O) groups is 1. The van der Waals surface area contributed by atoms with Crippen LogP contribution in [0.2, 0.25) is 0 Å². The van der Waals surface area contributed by atoms with E-state index in [4.69, 9.17) is 9.31 Å². The second-order valence-electron chi connectivity index (χ2n) is 7.51. The molecular formula is C18H24BNO3. The molecule has 2 saturated heterocycles. The molecule has 0 N–H and O–H groups in total. The minimum atomic E-state index is -0.379. The maximum Gasteiger partial charge on any atom is 0.494 e. The van der Waals surface area contributed by atoms with Gasteiger partial charge in [-0.1, -0.05) is 18.7 Å². The van der Waals surface area contributed by atoms with Gasteiger partial charge in [-0.2, -0.15) is 0 Å². The minimum Gasteiger partial charge on any atom is -0.399 e. The molecule has 0 radical (unpaired) electrons. The molecule has 0 saturated carbocycles. The second kappa shape index (κ2) is 5.21. The zero-order chi connectivity index (χ0) is 17.0. The van der Waals surface area contributed by atoms with Crippen molar-refractivity contribution in [1.82, 2.24) is 0 Å². The van der Waals surface area contributed by atoms with E-state index < -0.39 is 0 Å². The fourth-order valence-corrected chi connectivity index (χ4v) is 3.05. The van der Waals surface area contributed by atoms with Gasteiger partial charge in [0, 0.05) is 17.3 Å². The molecule has 0 aliphatic carbocycles. The van der Waals surface area contributed by atoms with Crippen molar-refractivity contribution in [3.8, 4) is 0 Å². The van der Waals surface area contributed by atoms with Crippen LogP contribution >= 0.6 is 0 Å². The third-order valence-corrected chi connectivity index (χ3v) is 5.20. The van der Waals surface area contributed by atoms with Crippen molar-refractivity contribution < 1.29 is 14.1 Å². The molecule has 2 fully saturated rings. The summed E-state index contributed by atoms with van der Waals surface area (Å²) < 4.78 is 12.1. The van der Waals surface area contributed by atoms with Crippen LogP contribution in [0.3, 0.4) is 0 Å². The summed E-state index contributed by atoms with van der Waals surface area (Å²) in [5.41, 5.74) is 1.82. The van der Waals surface area contributed by atoms with Crippen molar-refractivity contribution in [3.63, 3.8) is 0 Å². The molecule has 1 amide bonds. The smallest absolute Gasteiger partial charge is 0.399 e. The number of carbonyl (C=O) groups excluding carboxylic acids is 1. The number of anilines is 1. The summed E-state index contributed by atoms with van der Waals surface area (Å²) in [6.07, 6.45) is 0.720. The monoisotopic (exact) mass is 313 g/mol. The Bertz CT molecular complexity index is 635. The van der Waals surface area contributed by atoms with Crippen LogP contribution in [0.4, 0.5) is 5.69 Å². The van der Waals surface area contributed by atoms with Crippen molar-refractivity contribution in [1.29, 1.82) is 0 Å². The molecule has 23 heavy (non-hydrogen) atoms. The zero-order valence-electron chi connectivity index (χ0n) is 14.6. The standard InChI is InChI=1S/C18H24BNO3/c1-12-11-13(2)20(16(12)21)15-9-7-14(8-10-15)19-22-17(3,4)18(5,6)23-19/h7-10,13H,1,11H2,2-6H3/t13-/m0/s1. The van der Waals surface area contributed by atoms with Gasteiger partial charge in [0.15, 0.2) is 0 Å². The van der Waals surface area contributed by atoms with E-state index in [1.807, 2.05) is 58.9 Å². The summed E-state index contributed by atoms with van der Waals surface area (Å²) in [4.78, 5) is 14.0. The van der Waals surface area contributed by atoms with Gasteiger partial charge in [0.1, 0.15) is 0 Å². The lowest BCUT2D eigenvalue weighted by atomic mass is 9.79. The van der Waals surface area contributed by atoms with E-state index in [-0.39, 0.29) is 30.3 Å².